The van der Waals surface area contributed by atoms with Gasteiger partial charge in [-0.25, -0.2) is 9.07 Å². The average Bonchev–Trinajstić information content (AvgIpc) is 3.22. The number of nitrogens with zero attached hydrogens (tertiary/aromatic N) is 5. The molecule has 1 aromatic heterocycles. The summed E-state index contributed by atoms with van der Waals surface area (Å²) < 4.78 is 21.2. The molecule has 0 bridgehead atoms. The van der Waals surface area contributed by atoms with E-state index in [0.29, 0.717) is 18.8 Å². The summed E-state index contributed by atoms with van der Waals surface area (Å²) in [5.74, 6) is 0.668. The van der Waals surface area contributed by atoms with E-state index in [-0.39, 0.29) is 11.9 Å². The minimum atomic E-state index is -0.168. The lowest BCUT2D eigenvalue weighted by molar-refractivity contribution is -0.927. The van der Waals surface area contributed by atoms with E-state index in [4.69, 9.17) is 4.74 Å². The molecule has 1 atom stereocenters. The van der Waals surface area contributed by atoms with Gasteiger partial charge in [0, 0.05) is 12.7 Å². The summed E-state index contributed by atoms with van der Waals surface area (Å²) in [5.41, 5.74) is 1.85. The van der Waals surface area contributed by atoms with Gasteiger partial charge in [-0.1, -0.05) is 42.5 Å². The summed E-state index contributed by atoms with van der Waals surface area (Å²) in [6.07, 6.45) is 0. The maximum atomic E-state index is 14.2. The second-order valence-corrected chi connectivity index (χ2v) is 7.19. The fourth-order valence-electron chi connectivity index (χ4n) is 4.00. The van der Waals surface area contributed by atoms with Crippen molar-refractivity contribution in [3.63, 3.8) is 0 Å². The highest BCUT2D eigenvalue weighted by atomic mass is 19.1. The van der Waals surface area contributed by atoms with Crippen LogP contribution in [0.1, 0.15) is 17.4 Å². The summed E-state index contributed by atoms with van der Waals surface area (Å²) in [4.78, 5) is 3.49. The van der Waals surface area contributed by atoms with E-state index in [1.165, 1.54) is 16.5 Å². The molecule has 1 fully saturated rings. The first kappa shape index (κ1) is 19.5. The Balaban J connectivity index is 1.57. The lowest BCUT2D eigenvalue weighted by atomic mass is 10.0. The molecule has 2 heterocycles. The fourth-order valence-corrected chi connectivity index (χ4v) is 4.00. The first-order valence-corrected chi connectivity index (χ1v) is 9.92. The topological polar surface area (TPSA) is 60.5 Å². The van der Waals surface area contributed by atoms with Crippen LogP contribution in [0.25, 0.3) is 0 Å². The highest BCUT2D eigenvalue weighted by Gasteiger charge is 2.34. The lowest BCUT2D eigenvalue weighted by Crippen LogP contribution is -3.15. The van der Waals surface area contributed by atoms with Crippen LogP contribution in [0.4, 0.5) is 10.1 Å². The maximum absolute atomic E-state index is 14.2. The van der Waals surface area contributed by atoms with E-state index in [1.54, 1.807) is 13.2 Å². The molecule has 8 heteroatoms. The number of aromatic nitrogens is 4. The number of nitrogens with one attached hydrogen (secondary N) is 1. The first-order valence-electron chi connectivity index (χ1n) is 9.92. The second kappa shape index (κ2) is 9.11. The van der Waals surface area contributed by atoms with E-state index in [2.05, 4.69) is 32.6 Å². The zero-order chi connectivity index (χ0) is 20.1. The molecule has 0 spiro atoms. The van der Waals surface area contributed by atoms with Crippen LogP contribution >= 0.6 is 0 Å². The molecule has 1 aliphatic rings. The monoisotopic (exact) mass is 397 g/mol. The number of benzene rings is 2. The third-order valence-electron chi connectivity index (χ3n) is 5.46. The molecular formula is C21H26FN6O+. The second-order valence-electron chi connectivity index (χ2n) is 7.19. The molecule has 3 aromatic rings. The van der Waals surface area contributed by atoms with Crippen molar-refractivity contribution in [2.45, 2.75) is 12.6 Å². The Morgan fingerprint density at radius 3 is 2.52 bits per heavy atom. The number of ether oxygens (including phenoxy) is 1. The largest absolute Gasteiger partial charge is 0.383 e. The van der Waals surface area contributed by atoms with Gasteiger partial charge in [0.15, 0.2) is 6.04 Å². The molecule has 29 heavy (non-hydrogen) atoms. The van der Waals surface area contributed by atoms with E-state index in [9.17, 15) is 4.39 Å². The fraction of sp³-hybridized carbons (Fsp3) is 0.381. The first-order chi connectivity index (χ1) is 14.3. The Bertz CT molecular complexity index is 910. The Labute approximate surface area is 169 Å². The molecule has 0 unspecified atom stereocenters. The van der Waals surface area contributed by atoms with E-state index in [1.807, 2.05) is 35.0 Å². The minimum absolute atomic E-state index is 0.0193. The van der Waals surface area contributed by atoms with Gasteiger partial charge < -0.3 is 14.5 Å². The predicted molar refractivity (Wildman–Crippen MR) is 107 cm³/mol. The number of halogens is 1. The van der Waals surface area contributed by atoms with Gasteiger partial charge in [-0.2, -0.15) is 0 Å². The Morgan fingerprint density at radius 1 is 1.07 bits per heavy atom. The molecule has 0 aliphatic carbocycles. The normalized spacial score (nSPS) is 16.1. The molecule has 1 N–H and O–H groups in total. The Morgan fingerprint density at radius 2 is 1.79 bits per heavy atom. The molecule has 1 saturated heterocycles. The van der Waals surface area contributed by atoms with Crippen LogP contribution in [0.15, 0.2) is 54.6 Å². The van der Waals surface area contributed by atoms with Gasteiger partial charge in [-0.15, -0.1) is 5.10 Å². The summed E-state index contributed by atoms with van der Waals surface area (Å²) >= 11 is 0. The summed E-state index contributed by atoms with van der Waals surface area (Å²) in [6.45, 7) is 4.45. The third-order valence-corrected chi connectivity index (χ3v) is 5.46. The van der Waals surface area contributed by atoms with Crippen molar-refractivity contribution < 1.29 is 14.0 Å². The van der Waals surface area contributed by atoms with E-state index in [0.717, 1.165) is 32.0 Å². The standard InChI is InChI=1S/C21H25FN6O/c1-29-16-15-28-21(23-24-25-28)20(17-7-3-2-4-8-17)27-13-11-26(12-14-27)19-10-6-5-9-18(19)22/h2-10,20H,11-16H2,1H3/p+1/t20-/m0/s1. The van der Waals surface area contributed by atoms with Crippen LogP contribution in [-0.4, -0.2) is 60.1 Å². The van der Waals surface area contributed by atoms with Crippen molar-refractivity contribution in [2.24, 2.45) is 0 Å². The van der Waals surface area contributed by atoms with Crippen molar-refractivity contribution in [1.29, 1.82) is 0 Å². The van der Waals surface area contributed by atoms with E-state index >= 15 is 0 Å². The highest BCUT2D eigenvalue weighted by molar-refractivity contribution is 5.47. The number of hydrogen-bond acceptors (Lipinski definition) is 5. The molecule has 0 amide bonds. The van der Waals surface area contributed by atoms with Gasteiger partial charge in [0.2, 0.25) is 5.82 Å². The number of quaternary nitrogens is 1. The summed E-state index contributed by atoms with van der Waals surface area (Å²) in [7, 11) is 1.67. The molecule has 4 rings (SSSR count). The zero-order valence-electron chi connectivity index (χ0n) is 16.5. The van der Waals surface area contributed by atoms with Crippen LogP contribution in [0.5, 0.6) is 0 Å². The van der Waals surface area contributed by atoms with Gasteiger partial charge >= 0.3 is 0 Å². The van der Waals surface area contributed by atoms with Crippen molar-refractivity contribution in [3.8, 4) is 0 Å². The smallest absolute Gasteiger partial charge is 0.214 e. The predicted octanol–water partition coefficient (Wildman–Crippen LogP) is 0.953. The molecule has 1 aliphatic heterocycles. The SMILES string of the molecule is COCCn1nnnc1[C@H](c1ccccc1)[NH+]1CCN(c2ccccc2F)CC1. The summed E-state index contributed by atoms with van der Waals surface area (Å²) in [5, 5.41) is 12.5. The van der Waals surface area contributed by atoms with Crippen LogP contribution in [-0.2, 0) is 11.3 Å². The number of rotatable bonds is 7. The van der Waals surface area contributed by atoms with Gasteiger partial charge in [0.05, 0.1) is 45.0 Å². The van der Waals surface area contributed by atoms with E-state index < -0.39 is 0 Å². The molecular weight excluding hydrogens is 371 g/mol. The lowest BCUT2D eigenvalue weighted by Gasteiger charge is -2.37. The molecule has 0 radical (unpaired) electrons. The van der Waals surface area contributed by atoms with Crippen LogP contribution in [0, 0.1) is 5.82 Å². The number of para-hydroxylation sites is 1. The highest BCUT2D eigenvalue weighted by Crippen LogP contribution is 2.20. The van der Waals surface area contributed by atoms with Crippen LogP contribution < -0.4 is 9.80 Å². The number of anilines is 1. The van der Waals surface area contributed by atoms with Gasteiger partial charge in [0.25, 0.3) is 0 Å². The van der Waals surface area contributed by atoms with Gasteiger partial charge in [-0.05, 0) is 22.6 Å². The molecule has 2 aromatic carbocycles. The Kier molecular flexibility index (Phi) is 6.12. The van der Waals surface area contributed by atoms with Crippen molar-refractivity contribution in [3.05, 3.63) is 71.8 Å². The Hall–Kier alpha value is -2.84. The quantitative estimate of drug-likeness (QED) is 0.643. The van der Waals surface area contributed by atoms with Crippen LogP contribution in [0.2, 0.25) is 0 Å². The van der Waals surface area contributed by atoms with Crippen molar-refractivity contribution >= 4 is 5.69 Å². The molecule has 0 saturated carbocycles. The average molecular weight is 397 g/mol. The van der Waals surface area contributed by atoms with Crippen molar-refractivity contribution in [2.75, 3.05) is 44.8 Å². The zero-order valence-corrected chi connectivity index (χ0v) is 16.5. The van der Waals surface area contributed by atoms with Crippen molar-refractivity contribution in [1.82, 2.24) is 20.2 Å². The summed E-state index contributed by atoms with van der Waals surface area (Å²) in [6, 6.07) is 17.3. The van der Waals surface area contributed by atoms with Crippen LogP contribution in [0.3, 0.4) is 0 Å². The molecule has 152 valence electrons. The van der Waals surface area contributed by atoms with Gasteiger partial charge in [0.1, 0.15) is 5.82 Å². The number of hydrogen-bond donors (Lipinski definition) is 1. The number of tetrazole rings is 1. The maximum Gasteiger partial charge on any atom is 0.214 e. The molecule has 7 nitrogen and oxygen atoms in total. The number of methoxy groups -OCH3 is 1. The minimum Gasteiger partial charge on any atom is -0.383 e. The third kappa shape index (κ3) is 4.28. The number of piperazine rings is 1. The van der Waals surface area contributed by atoms with Gasteiger partial charge in [-0.3, -0.25) is 0 Å².